The van der Waals surface area contributed by atoms with E-state index < -0.39 is 6.10 Å². The fourth-order valence-electron chi connectivity index (χ4n) is 2.04. The normalized spacial score (nSPS) is 11.8. The molecule has 4 heteroatoms. The Morgan fingerprint density at radius 3 is 2.48 bits per heavy atom. The lowest BCUT2D eigenvalue weighted by Gasteiger charge is -2.22. The van der Waals surface area contributed by atoms with Crippen LogP contribution in [0.3, 0.4) is 0 Å². The summed E-state index contributed by atoms with van der Waals surface area (Å²) in [4.78, 5) is 14.0. The van der Waals surface area contributed by atoms with Gasteiger partial charge in [-0.15, -0.1) is 0 Å². The highest BCUT2D eigenvalue weighted by Crippen LogP contribution is 2.23. The molecule has 0 N–H and O–H groups in total. The van der Waals surface area contributed by atoms with Crippen LogP contribution in [0.15, 0.2) is 48.5 Å². The predicted octanol–water partition coefficient (Wildman–Crippen LogP) is 4.08. The smallest absolute Gasteiger partial charge is 0.267 e. The molecule has 21 heavy (non-hydrogen) atoms. The standard InChI is InChI=1S/C17H18ClNO2/c1-12-11-14(18)9-10-16(12)21-13(2)17(20)19(3)15-7-5-4-6-8-15/h4-11,13H,1-3H3. The average molecular weight is 304 g/mol. The fourth-order valence-corrected chi connectivity index (χ4v) is 2.26. The van der Waals surface area contributed by atoms with Gasteiger partial charge in [0.15, 0.2) is 6.10 Å². The van der Waals surface area contributed by atoms with Gasteiger partial charge in [0, 0.05) is 17.8 Å². The predicted molar refractivity (Wildman–Crippen MR) is 86.1 cm³/mol. The summed E-state index contributed by atoms with van der Waals surface area (Å²) in [5, 5.41) is 0.653. The lowest BCUT2D eigenvalue weighted by molar-refractivity contribution is -0.124. The first kappa shape index (κ1) is 15.4. The largest absolute Gasteiger partial charge is 0.481 e. The van der Waals surface area contributed by atoms with Crippen LogP contribution in [0.25, 0.3) is 0 Å². The van der Waals surface area contributed by atoms with Crippen LogP contribution in [0, 0.1) is 6.92 Å². The van der Waals surface area contributed by atoms with E-state index in [4.69, 9.17) is 16.3 Å². The van der Waals surface area contributed by atoms with E-state index in [2.05, 4.69) is 0 Å². The molecule has 1 atom stereocenters. The quantitative estimate of drug-likeness (QED) is 0.852. The Bertz CT molecular complexity index is 628. The van der Waals surface area contributed by atoms with E-state index in [0.29, 0.717) is 10.8 Å². The number of hydrogen-bond acceptors (Lipinski definition) is 2. The third kappa shape index (κ3) is 3.76. The number of anilines is 1. The molecule has 0 saturated heterocycles. The van der Waals surface area contributed by atoms with Gasteiger partial charge in [-0.05, 0) is 49.7 Å². The van der Waals surface area contributed by atoms with Crippen LogP contribution in [-0.2, 0) is 4.79 Å². The first-order valence-corrected chi connectivity index (χ1v) is 7.12. The Balaban J connectivity index is 2.09. The van der Waals surface area contributed by atoms with Crippen LogP contribution < -0.4 is 9.64 Å². The van der Waals surface area contributed by atoms with Crippen molar-refractivity contribution in [1.82, 2.24) is 0 Å². The third-order valence-corrected chi connectivity index (χ3v) is 3.50. The van der Waals surface area contributed by atoms with E-state index in [1.165, 1.54) is 0 Å². The molecule has 1 amide bonds. The summed E-state index contributed by atoms with van der Waals surface area (Å²) >= 11 is 5.92. The van der Waals surface area contributed by atoms with E-state index >= 15 is 0 Å². The van der Waals surface area contributed by atoms with E-state index in [1.807, 2.05) is 43.3 Å². The second-order valence-electron chi connectivity index (χ2n) is 4.90. The van der Waals surface area contributed by atoms with Crippen molar-refractivity contribution in [2.75, 3.05) is 11.9 Å². The van der Waals surface area contributed by atoms with E-state index in [0.717, 1.165) is 11.3 Å². The third-order valence-electron chi connectivity index (χ3n) is 3.26. The summed E-state index contributed by atoms with van der Waals surface area (Å²) in [7, 11) is 1.74. The molecule has 0 bridgehead atoms. The van der Waals surface area contributed by atoms with Gasteiger partial charge in [-0.2, -0.15) is 0 Å². The highest BCUT2D eigenvalue weighted by Gasteiger charge is 2.20. The first-order valence-electron chi connectivity index (χ1n) is 6.74. The number of halogens is 1. The molecule has 0 fully saturated rings. The van der Waals surface area contributed by atoms with Crippen molar-refractivity contribution < 1.29 is 9.53 Å². The van der Waals surface area contributed by atoms with Crippen LogP contribution in [0.4, 0.5) is 5.69 Å². The van der Waals surface area contributed by atoms with Crippen LogP contribution in [0.2, 0.25) is 5.02 Å². The van der Waals surface area contributed by atoms with Gasteiger partial charge in [-0.1, -0.05) is 29.8 Å². The fraction of sp³-hybridized carbons (Fsp3) is 0.235. The Morgan fingerprint density at radius 2 is 1.86 bits per heavy atom. The average Bonchev–Trinajstić information content (AvgIpc) is 2.49. The number of benzene rings is 2. The topological polar surface area (TPSA) is 29.5 Å². The van der Waals surface area contributed by atoms with Crippen LogP contribution in [-0.4, -0.2) is 19.1 Å². The lowest BCUT2D eigenvalue weighted by atomic mass is 10.2. The minimum Gasteiger partial charge on any atom is -0.481 e. The van der Waals surface area contributed by atoms with Gasteiger partial charge >= 0.3 is 0 Å². The van der Waals surface area contributed by atoms with E-state index in [-0.39, 0.29) is 5.91 Å². The van der Waals surface area contributed by atoms with Crippen molar-refractivity contribution in [3.05, 3.63) is 59.1 Å². The van der Waals surface area contributed by atoms with Crippen molar-refractivity contribution in [3.63, 3.8) is 0 Å². The number of carbonyl (C=O) groups is 1. The number of rotatable bonds is 4. The Labute approximate surface area is 130 Å². The molecule has 0 aromatic heterocycles. The van der Waals surface area contributed by atoms with Crippen molar-refractivity contribution in [2.45, 2.75) is 20.0 Å². The summed E-state index contributed by atoms with van der Waals surface area (Å²) in [6, 6.07) is 14.8. The Morgan fingerprint density at radius 1 is 1.19 bits per heavy atom. The second kappa shape index (κ2) is 6.64. The number of aryl methyl sites for hydroxylation is 1. The van der Waals surface area contributed by atoms with Gasteiger partial charge in [-0.3, -0.25) is 4.79 Å². The summed E-state index contributed by atoms with van der Waals surface area (Å²) in [6.07, 6.45) is -0.574. The van der Waals surface area contributed by atoms with Gasteiger partial charge in [0.2, 0.25) is 0 Å². The van der Waals surface area contributed by atoms with Crippen molar-refractivity contribution in [3.8, 4) is 5.75 Å². The molecule has 2 rings (SSSR count). The molecule has 110 valence electrons. The van der Waals surface area contributed by atoms with E-state index in [9.17, 15) is 4.79 Å². The second-order valence-corrected chi connectivity index (χ2v) is 5.34. The SMILES string of the molecule is Cc1cc(Cl)ccc1OC(C)C(=O)N(C)c1ccccc1. The van der Waals surface area contributed by atoms with Gasteiger partial charge in [0.25, 0.3) is 5.91 Å². The zero-order valence-electron chi connectivity index (χ0n) is 12.3. The van der Waals surface area contributed by atoms with Crippen LogP contribution in [0.5, 0.6) is 5.75 Å². The van der Waals surface area contributed by atoms with Crippen molar-refractivity contribution in [1.29, 1.82) is 0 Å². The molecule has 2 aromatic carbocycles. The molecule has 3 nitrogen and oxygen atoms in total. The molecule has 0 aliphatic carbocycles. The summed E-state index contributed by atoms with van der Waals surface area (Å²) in [5.41, 5.74) is 1.75. The van der Waals surface area contributed by atoms with Crippen LogP contribution >= 0.6 is 11.6 Å². The van der Waals surface area contributed by atoms with Gasteiger partial charge in [-0.25, -0.2) is 0 Å². The Kier molecular flexibility index (Phi) is 4.86. The number of para-hydroxylation sites is 1. The minimum atomic E-state index is -0.574. The number of hydrogen-bond donors (Lipinski definition) is 0. The van der Waals surface area contributed by atoms with Gasteiger partial charge in [0.1, 0.15) is 5.75 Å². The van der Waals surface area contributed by atoms with Crippen molar-refractivity contribution >= 4 is 23.2 Å². The molecule has 2 aromatic rings. The number of nitrogens with zero attached hydrogens (tertiary/aromatic N) is 1. The molecular weight excluding hydrogens is 286 g/mol. The van der Waals surface area contributed by atoms with Crippen LogP contribution in [0.1, 0.15) is 12.5 Å². The molecule has 0 spiro atoms. The van der Waals surface area contributed by atoms with E-state index in [1.54, 1.807) is 31.0 Å². The van der Waals surface area contributed by atoms with Gasteiger partial charge in [0.05, 0.1) is 0 Å². The van der Waals surface area contributed by atoms with Crippen molar-refractivity contribution in [2.24, 2.45) is 0 Å². The molecule has 0 radical (unpaired) electrons. The molecule has 0 aliphatic heterocycles. The monoisotopic (exact) mass is 303 g/mol. The number of ether oxygens (including phenoxy) is 1. The molecule has 0 aliphatic rings. The molecule has 0 heterocycles. The molecule has 0 saturated carbocycles. The summed E-state index contributed by atoms with van der Waals surface area (Å²) < 4.78 is 5.75. The maximum atomic E-state index is 12.4. The Hall–Kier alpha value is -2.00. The zero-order valence-corrected chi connectivity index (χ0v) is 13.1. The zero-order chi connectivity index (χ0) is 15.4. The summed E-state index contributed by atoms with van der Waals surface area (Å²) in [6.45, 7) is 3.65. The highest BCUT2D eigenvalue weighted by atomic mass is 35.5. The van der Waals surface area contributed by atoms with Gasteiger partial charge < -0.3 is 9.64 Å². The lowest BCUT2D eigenvalue weighted by Crippen LogP contribution is -2.38. The highest BCUT2D eigenvalue weighted by molar-refractivity contribution is 6.30. The number of likely N-dealkylation sites (N-methyl/N-ethyl adjacent to an activating group) is 1. The molecular formula is C17H18ClNO2. The summed E-state index contributed by atoms with van der Waals surface area (Å²) in [5.74, 6) is 0.567. The molecule has 1 unspecified atom stereocenters. The number of amides is 1. The maximum absolute atomic E-state index is 12.4. The number of carbonyl (C=O) groups excluding carboxylic acids is 1. The minimum absolute atomic E-state index is 0.101. The maximum Gasteiger partial charge on any atom is 0.267 e. The first-order chi connectivity index (χ1) is 9.99.